The highest BCUT2D eigenvalue weighted by Crippen LogP contribution is 2.24. The van der Waals surface area contributed by atoms with Crippen LogP contribution in [0.5, 0.6) is 0 Å². The van der Waals surface area contributed by atoms with Crippen molar-refractivity contribution in [3.05, 3.63) is 108 Å². The van der Waals surface area contributed by atoms with Crippen LogP contribution in [0.3, 0.4) is 0 Å². The number of rotatable bonds is 24. The highest BCUT2D eigenvalue weighted by atomic mass is 33.1. The van der Waals surface area contributed by atoms with Gasteiger partial charge in [-0.15, -0.1) is 0 Å². The fourth-order valence-corrected chi connectivity index (χ4v) is 13.4. The Bertz CT molecular complexity index is 3780. The first-order valence-electron chi connectivity index (χ1n) is 35.3. The minimum atomic E-state index is -1.96. The Morgan fingerprint density at radius 2 is 0.936 bits per heavy atom. The average Bonchev–Trinajstić information content (AvgIpc) is 1.70. The van der Waals surface area contributed by atoms with Crippen LogP contribution in [0.4, 0.5) is 0 Å². The lowest BCUT2D eigenvalue weighted by Crippen LogP contribution is -2.63. The highest BCUT2D eigenvalue weighted by molar-refractivity contribution is 8.76. The van der Waals surface area contributed by atoms with Gasteiger partial charge in [0, 0.05) is 47.9 Å². The summed E-state index contributed by atoms with van der Waals surface area (Å²) in [6, 6.07) is 2.04. The van der Waals surface area contributed by atoms with E-state index in [1.165, 1.54) is 13.8 Å². The molecule has 109 heavy (non-hydrogen) atoms. The number of aliphatic hydroxyl groups is 3. The zero-order valence-electron chi connectivity index (χ0n) is 60.8. The van der Waals surface area contributed by atoms with Crippen molar-refractivity contribution in [2.24, 2.45) is 28.7 Å². The van der Waals surface area contributed by atoms with E-state index in [0.717, 1.165) is 35.4 Å². The van der Waals surface area contributed by atoms with Gasteiger partial charge in [-0.2, -0.15) is 0 Å². The molecule has 4 aromatic rings. The summed E-state index contributed by atoms with van der Waals surface area (Å²) in [7, 11) is 1.63. The van der Waals surface area contributed by atoms with Gasteiger partial charge in [0.15, 0.2) is 0 Å². The maximum absolute atomic E-state index is 15.1. The summed E-state index contributed by atoms with van der Waals surface area (Å²) in [5, 5.41) is 65.4. The molecule has 1 aliphatic heterocycles. The Labute approximate surface area is 636 Å². The predicted molar refractivity (Wildman–Crippen MR) is 402 cm³/mol. The van der Waals surface area contributed by atoms with E-state index in [1.807, 2.05) is 0 Å². The number of aliphatic hydroxyl groups excluding tert-OH is 3. The van der Waals surface area contributed by atoms with Crippen molar-refractivity contribution < 1.29 is 87.2 Å². The van der Waals surface area contributed by atoms with Crippen molar-refractivity contribution in [1.29, 1.82) is 0 Å². The van der Waals surface area contributed by atoms with Gasteiger partial charge in [-0.1, -0.05) is 100 Å². The lowest BCUT2D eigenvalue weighted by Gasteiger charge is -2.29. The van der Waals surface area contributed by atoms with Crippen LogP contribution in [-0.4, -0.2) is 237 Å². The van der Waals surface area contributed by atoms with E-state index in [0.29, 0.717) is 40.4 Å². The van der Waals surface area contributed by atoms with Crippen molar-refractivity contribution in [2.45, 2.75) is 183 Å². The van der Waals surface area contributed by atoms with Gasteiger partial charge in [-0.05, 0) is 102 Å². The molecule has 0 saturated carbocycles. The third-order valence-corrected chi connectivity index (χ3v) is 19.6. The van der Waals surface area contributed by atoms with Crippen molar-refractivity contribution in [3.8, 4) is 0 Å². The van der Waals surface area contributed by atoms with Crippen molar-refractivity contribution in [1.82, 2.24) is 74.1 Å². The van der Waals surface area contributed by atoms with Gasteiger partial charge >= 0.3 is 0 Å². The normalized spacial score (nSPS) is 24.4. The van der Waals surface area contributed by atoms with Gasteiger partial charge in [0.25, 0.3) is 0 Å². The lowest BCUT2D eigenvalue weighted by atomic mass is 10.0. The molecule has 1 saturated heterocycles. The van der Waals surface area contributed by atoms with E-state index < -0.39 is 210 Å². The van der Waals surface area contributed by atoms with E-state index in [9.17, 15) is 77.6 Å². The lowest BCUT2D eigenvalue weighted by molar-refractivity contribution is -0.138. The number of hydrogen-bond acceptors (Lipinski definition) is 23. The maximum Gasteiger partial charge on any atom is 0.245 e. The Balaban J connectivity index is 1.62. The summed E-state index contributed by atoms with van der Waals surface area (Å²) in [5.74, 6) is -16.7. The Morgan fingerprint density at radius 1 is 0.505 bits per heavy atom. The van der Waals surface area contributed by atoms with Crippen LogP contribution >= 0.6 is 21.6 Å². The number of carbonyl (C=O) groups is 15. The van der Waals surface area contributed by atoms with Crippen LogP contribution in [0.2, 0.25) is 0 Å². The molecule has 2 heterocycles. The SMILES string of the molecule is C[C@H](N)C(=O)NCC(=O)N[C@H]1CSSC[C@@H](C(N)=O)NC(=O)[C@H](CO)NC(=O)[C@@H]([C@H](C)O)NC(=O)[C@H](Cc2ccccc2)NC(=O)[C@@H]([C@H](C)O)NC(=O)[C@@H](CCCCN)NC(=O)[C@H](Cc2c[nH]c3ccccc23)NC(=O)[C@@H](Cc2ccccc2)NC(=O)[C@H](C)NC(=O)[C@@H](CC(N)=O)NC(=O)[C@H](CCCCN)NC1=O. The van der Waals surface area contributed by atoms with Crippen LogP contribution in [0.25, 0.3) is 10.9 Å². The van der Waals surface area contributed by atoms with Gasteiger partial charge in [0.2, 0.25) is 88.6 Å². The third kappa shape index (κ3) is 29.7. The van der Waals surface area contributed by atoms with Gasteiger partial charge < -0.3 is 118 Å². The van der Waals surface area contributed by atoms with E-state index in [-0.39, 0.29) is 58.0 Å². The predicted octanol–water partition coefficient (Wildman–Crippen LogP) is -6.74. The smallest absolute Gasteiger partial charge is 0.245 e. The number of benzene rings is 3. The van der Waals surface area contributed by atoms with E-state index in [2.05, 4.69) is 74.1 Å². The molecule has 15 atom stereocenters. The molecule has 1 aromatic heterocycles. The standard InChI is InChI=1S/C70H101N19O18S2/c1-36(73)59(96)77-32-55(94)79-53-35-109-108-34-52(58(75)95)87-67(104)51(33-90)86-70(107)57(39(4)92)89-66(103)48(28-41-19-9-6-10-20-41)85-69(106)56(38(3)91)88-62(99)46(24-14-16-26-72)80-65(102)49(29-42-31-76-44-22-12-11-21-43(42)44)83-64(101)47(27-40-17-7-5-8-18-40)82-60(97)37(2)78-63(100)50(30-54(74)93)84-61(98)45(81-68(53)105)23-13-15-25-71/h5-12,17-22,31,36-39,45-53,56-57,76,90-92H,13-16,23-30,32-35,71-73H2,1-4H3,(H2,74,93)(H2,75,95)(H,77,96)(H,78,100)(H,79,94)(H,80,102)(H,81,105)(H,82,97)(H,83,101)(H,84,98)(H,85,106)(H,86,107)(H,87,104)(H,88,99)(H,89,103)/t36-,37-,38-,39-,45-,46+,47+,48-,49-,50+,51-,52-,53-,56+,57+/m0/s1. The minimum absolute atomic E-state index is 0.122. The summed E-state index contributed by atoms with van der Waals surface area (Å²) >= 11 is 0. The number of carbonyl (C=O) groups excluding carboxylic acids is 15. The molecule has 15 amide bonds. The zero-order chi connectivity index (χ0) is 80.4. The average molecular weight is 1560 g/mol. The molecule has 596 valence electrons. The summed E-state index contributed by atoms with van der Waals surface area (Å²) in [4.78, 5) is 214. The number of amides is 15. The second-order valence-corrected chi connectivity index (χ2v) is 28.7. The van der Waals surface area contributed by atoms with Gasteiger partial charge in [0.1, 0.15) is 72.5 Å². The number of fused-ring (bicyclic) bond motifs is 1. The number of unbranched alkanes of at least 4 members (excludes halogenated alkanes) is 2. The van der Waals surface area contributed by atoms with Crippen molar-refractivity contribution >= 4 is 121 Å². The van der Waals surface area contributed by atoms with Crippen LogP contribution in [0.1, 0.15) is 89.3 Å². The summed E-state index contributed by atoms with van der Waals surface area (Å²) in [5.41, 5.74) is 30.7. The number of nitrogens with two attached hydrogens (primary N) is 5. The van der Waals surface area contributed by atoms with Crippen LogP contribution in [0.15, 0.2) is 91.1 Å². The molecule has 1 aliphatic rings. The Kier molecular flexibility index (Phi) is 37.3. The van der Waals surface area contributed by atoms with Crippen LogP contribution in [-0.2, 0) is 91.2 Å². The third-order valence-electron chi connectivity index (χ3n) is 17.2. The summed E-state index contributed by atoms with van der Waals surface area (Å²) < 4.78 is 0. The molecule has 0 radical (unpaired) electrons. The molecule has 1 fully saturated rings. The first-order chi connectivity index (χ1) is 51.8. The second kappa shape index (κ2) is 45.5. The number of hydrogen-bond donors (Lipinski definition) is 22. The largest absolute Gasteiger partial charge is 0.394 e. The molecule has 5 rings (SSSR count). The van der Waals surface area contributed by atoms with E-state index in [1.54, 1.807) is 91.1 Å². The number of H-pyrrole nitrogens is 1. The molecule has 0 spiro atoms. The topological polar surface area (TPSA) is 619 Å². The van der Waals surface area contributed by atoms with E-state index >= 15 is 9.59 Å². The number of aromatic nitrogens is 1. The van der Waals surface area contributed by atoms with Gasteiger partial charge in [0.05, 0.1) is 37.8 Å². The molecule has 0 unspecified atom stereocenters. The first-order valence-corrected chi connectivity index (χ1v) is 37.8. The zero-order valence-corrected chi connectivity index (χ0v) is 62.4. The van der Waals surface area contributed by atoms with Crippen molar-refractivity contribution in [2.75, 3.05) is 37.7 Å². The second-order valence-electron chi connectivity index (χ2n) is 26.1. The number of nitrogens with one attached hydrogen (secondary N) is 14. The first kappa shape index (κ1) is 89.3. The maximum atomic E-state index is 15.1. The molecule has 39 heteroatoms. The summed E-state index contributed by atoms with van der Waals surface area (Å²) in [6.45, 7) is 3.22. The fraction of sp³-hybridized carbons (Fsp3) is 0.500. The molecule has 0 aliphatic carbocycles. The monoisotopic (exact) mass is 1560 g/mol. The fourth-order valence-electron chi connectivity index (χ4n) is 11.0. The quantitative estimate of drug-likeness (QED) is 0.0229. The highest BCUT2D eigenvalue weighted by Gasteiger charge is 2.39. The molecular weight excluding hydrogens is 1460 g/mol. The number of primary amides is 2. The number of aromatic amines is 1. The molecular formula is C70H101N19O18S2. The molecule has 37 nitrogen and oxygen atoms in total. The Hall–Kier alpha value is -10.3. The van der Waals surface area contributed by atoms with Crippen molar-refractivity contribution in [3.63, 3.8) is 0 Å². The van der Waals surface area contributed by atoms with Crippen LogP contribution < -0.4 is 97.8 Å². The molecule has 3 aromatic carbocycles. The van der Waals surface area contributed by atoms with Gasteiger partial charge in [-0.25, -0.2) is 0 Å². The molecule has 0 bridgehead atoms. The summed E-state index contributed by atoms with van der Waals surface area (Å²) in [6.07, 6.45) is -2.93. The Morgan fingerprint density at radius 3 is 1.45 bits per heavy atom. The minimum Gasteiger partial charge on any atom is -0.394 e. The van der Waals surface area contributed by atoms with Crippen LogP contribution in [0, 0.1) is 0 Å². The van der Waals surface area contributed by atoms with Gasteiger partial charge in [-0.3, -0.25) is 71.9 Å². The van der Waals surface area contributed by atoms with E-state index in [4.69, 9.17) is 28.7 Å². The molecule has 27 N–H and O–H groups in total. The number of para-hydroxylation sites is 1.